The summed E-state index contributed by atoms with van der Waals surface area (Å²) in [6, 6.07) is 9.63. The molecule has 2 heterocycles. The second kappa shape index (κ2) is 3.59. The van der Waals surface area contributed by atoms with Gasteiger partial charge in [0.2, 0.25) is 11.6 Å². The molecule has 17 heavy (non-hydrogen) atoms. The Morgan fingerprint density at radius 1 is 1.18 bits per heavy atom. The highest BCUT2D eigenvalue weighted by Gasteiger charge is 2.12. The Morgan fingerprint density at radius 2 is 2.00 bits per heavy atom. The predicted octanol–water partition coefficient (Wildman–Crippen LogP) is 2.78. The number of fused-ring (bicyclic) bond motifs is 1. The number of anilines is 1. The minimum atomic E-state index is 0.475. The zero-order chi connectivity index (χ0) is 11.8. The monoisotopic (exact) mass is 225 g/mol. The number of nitrogens with two attached hydrogens (primary N) is 1. The summed E-state index contributed by atoms with van der Waals surface area (Å²) < 4.78 is 5.61. The van der Waals surface area contributed by atoms with Gasteiger partial charge in [-0.15, -0.1) is 0 Å². The Kier molecular flexibility index (Phi) is 2.08. The number of oxazole rings is 1. The van der Waals surface area contributed by atoms with Crippen molar-refractivity contribution in [3.63, 3.8) is 0 Å². The fourth-order valence-electron chi connectivity index (χ4n) is 1.78. The third kappa shape index (κ3) is 1.54. The molecule has 0 bridgehead atoms. The van der Waals surface area contributed by atoms with E-state index in [9.17, 15) is 0 Å². The van der Waals surface area contributed by atoms with Gasteiger partial charge in [0.1, 0.15) is 0 Å². The van der Waals surface area contributed by atoms with Crippen LogP contribution in [0.2, 0.25) is 0 Å². The van der Waals surface area contributed by atoms with E-state index in [1.807, 2.05) is 31.2 Å². The van der Waals surface area contributed by atoms with Crippen molar-refractivity contribution >= 4 is 16.9 Å². The van der Waals surface area contributed by atoms with Crippen molar-refractivity contribution in [3.8, 4) is 11.5 Å². The Hall–Kier alpha value is -2.36. The summed E-state index contributed by atoms with van der Waals surface area (Å²) in [5.41, 5.74) is 9.57. The van der Waals surface area contributed by atoms with Crippen LogP contribution in [0.5, 0.6) is 0 Å². The summed E-state index contributed by atoms with van der Waals surface area (Å²) in [4.78, 5) is 8.50. The fraction of sp³-hybridized carbons (Fsp3) is 0.0769. The summed E-state index contributed by atoms with van der Waals surface area (Å²) in [6.07, 6.45) is 1.62. The summed E-state index contributed by atoms with van der Waals surface area (Å²) in [6.45, 7) is 2.01. The van der Waals surface area contributed by atoms with Gasteiger partial charge < -0.3 is 10.2 Å². The number of hydrogen-bond acceptors (Lipinski definition) is 4. The van der Waals surface area contributed by atoms with Crippen LogP contribution in [0.3, 0.4) is 0 Å². The van der Waals surface area contributed by atoms with Gasteiger partial charge in [0.25, 0.3) is 0 Å². The molecule has 0 fully saturated rings. The third-order valence-electron chi connectivity index (χ3n) is 2.70. The van der Waals surface area contributed by atoms with Crippen LogP contribution in [0.4, 0.5) is 5.69 Å². The van der Waals surface area contributed by atoms with E-state index in [2.05, 4.69) is 9.97 Å². The first-order valence-corrected chi connectivity index (χ1v) is 5.33. The lowest BCUT2D eigenvalue weighted by molar-refractivity contribution is 0.607. The zero-order valence-electron chi connectivity index (χ0n) is 9.34. The Morgan fingerprint density at radius 3 is 2.76 bits per heavy atom. The first-order chi connectivity index (χ1) is 8.25. The highest BCUT2D eigenvalue weighted by atomic mass is 16.4. The van der Waals surface area contributed by atoms with Crippen molar-refractivity contribution in [2.75, 3.05) is 5.73 Å². The molecule has 0 saturated carbocycles. The van der Waals surface area contributed by atoms with Crippen LogP contribution in [-0.4, -0.2) is 9.97 Å². The van der Waals surface area contributed by atoms with Gasteiger partial charge >= 0.3 is 0 Å². The molecule has 1 aromatic carbocycles. The molecule has 0 aliphatic carbocycles. The maximum atomic E-state index is 5.82. The third-order valence-corrected chi connectivity index (χ3v) is 2.70. The lowest BCUT2D eigenvalue weighted by atomic mass is 10.1. The molecule has 0 saturated heterocycles. The van der Waals surface area contributed by atoms with Gasteiger partial charge in [-0.25, -0.2) is 9.97 Å². The number of aryl methyl sites for hydroxylation is 1. The molecule has 0 amide bonds. The molecule has 2 aromatic heterocycles. The molecule has 0 aliphatic heterocycles. The van der Waals surface area contributed by atoms with Gasteiger partial charge in [-0.3, -0.25) is 0 Å². The Labute approximate surface area is 98.1 Å². The van der Waals surface area contributed by atoms with Crippen LogP contribution in [0.1, 0.15) is 5.56 Å². The number of rotatable bonds is 1. The van der Waals surface area contributed by atoms with E-state index in [-0.39, 0.29) is 0 Å². The van der Waals surface area contributed by atoms with Gasteiger partial charge in [-0.1, -0.05) is 18.2 Å². The minimum absolute atomic E-state index is 0.475. The number of hydrogen-bond donors (Lipinski definition) is 1. The molecular weight excluding hydrogens is 214 g/mol. The Bertz CT molecular complexity index is 688. The lowest BCUT2D eigenvalue weighted by Crippen LogP contribution is -1.87. The molecule has 0 aliphatic rings. The van der Waals surface area contributed by atoms with Crippen LogP contribution in [-0.2, 0) is 0 Å². The van der Waals surface area contributed by atoms with Crippen LogP contribution < -0.4 is 5.73 Å². The lowest BCUT2D eigenvalue weighted by Gasteiger charge is -1.98. The van der Waals surface area contributed by atoms with E-state index in [0.29, 0.717) is 22.8 Å². The van der Waals surface area contributed by atoms with Crippen molar-refractivity contribution in [3.05, 3.63) is 42.1 Å². The SMILES string of the molecule is Cc1ccccc1-c1nc2c(N)ccnc2o1. The number of benzene rings is 1. The highest BCUT2D eigenvalue weighted by Crippen LogP contribution is 2.27. The molecule has 2 N–H and O–H groups in total. The highest BCUT2D eigenvalue weighted by molar-refractivity contribution is 5.84. The minimum Gasteiger partial charge on any atom is -0.418 e. The number of nitrogens with zero attached hydrogens (tertiary/aromatic N) is 2. The fourth-order valence-corrected chi connectivity index (χ4v) is 1.78. The maximum Gasteiger partial charge on any atom is 0.249 e. The van der Waals surface area contributed by atoms with Crippen molar-refractivity contribution in [2.24, 2.45) is 0 Å². The van der Waals surface area contributed by atoms with E-state index in [0.717, 1.165) is 11.1 Å². The average molecular weight is 225 g/mol. The first-order valence-electron chi connectivity index (χ1n) is 5.33. The van der Waals surface area contributed by atoms with E-state index < -0.39 is 0 Å². The van der Waals surface area contributed by atoms with Crippen LogP contribution >= 0.6 is 0 Å². The van der Waals surface area contributed by atoms with Gasteiger partial charge in [0.05, 0.1) is 5.69 Å². The van der Waals surface area contributed by atoms with E-state index >= 15 is 0 Å². The topological polar surface area (TPSA) is 64.9 Å². The number of aromatic nitrogens is 2. The standard InChI is InChI=1S/C13H11N3O/c1-8-4-2-3-5-9(8)12-16-11-10(14)6-7-15-13(11)17-12/h2-7H,1H3,(H2,14,15). The second-order valence-corrected chi connectivity index (χ2v) is 3.89. The average Bonchev–Trinajstić information content (AvgIpc) is 2.75. The molecule has 0 unspecified atom stereocenters. The zero-order valence-corrected chi connectivity index (χ0v) is 9.34. The number of pyridine rings is 1. The van der Waals surface area contributed by atoms with Crippen molar-refractivity contribution in [2.45, 2.75) is 6.92 Å². The molecule has 0 spiro atoms. The molecule has 0 radical (unpaired) electrons. The summed E-state index contributed by atoms with van der Waals surface area (Å²) in [5, 5.41) is 0. The molecule has 0 atom stereocenters. The van der Waals surface area contributed by atoms with E-state index in [1.165, 1.54) is 0 Å². The van der Waals surface area contributed by atoms with E-state index in [4.69, 9.17) is 10.2 Å². The number of nitrogen functional groups attached to an aromatic ring is 1. The van der Waals surface area contributed by atoms with Gasteiger partial charge in [0.15, 0.2) is 5.52 Å². The van der Waals surface area contributed by atoms with Crippen LogP contribution in [0.15, 0.2) is 40.9 Å². The van der Waals surface area contributed by atoms with Gasteiger partial charge in [0, 0.05) is 11.8 Å². The molecule has 84 valence electrons. The quantitative estimate of drug-likeness (QED) is 0.691. The van der Waals surface area contributed by atoms with E-state index in [1.54, 1.807) is 12.3 Å². The van der Waals surface area contributed by atoms with Crippen LogP contribution in [0, 0.1) is 6.92 Å². The summed E-state index contributed by atoms with van der Waals surface area (Å²) in [5.74, 6) is 0.559. The molecule has 4 heteroatoms. The normalized spacial score (nSPS) is 10.9. The molecule has 3 rings (SSSR count). The maximum absolute atomic E-state index is 5.82. The van der Waals surface area contributed by atoms with Crippen molar-refractivity contribution in [1.29, 1.82) is 0 Å². The molecule has 4 nitrogen and oxygen atoms in total. The van der Waals surface area contributed by atoms with Gasteiger partial charge in [-0.05, 0) is 24.6 Å². The predicted molar refractivity (Wildman–Crippen MR) is 66.4 cm³/mol. The molecule has 3 aromatic rings. The first kappa shape index (κ1) is 9.84. The molecular formula is C13H11N3O. The summed E-state index contributed by atoms with van der Waals surface area (Å²) >= 11 is 0. The largest absolute Gasteiger partial charge is 0.418 e. The second-order valence-electron chi connectivity index (χ2n) is 3.89. The van der Waals surface area contributed by atoms with Crippen LogP contribution in [0.25, 0.3) is 22.7 Å². The summed E-state index contributed by atoms with van der Waals surface area (Å²) in [7, 11) is 0. The van der Waals surface area contributed by atoms with Crippen molar-refractivity contribution in [1.82, 2.24) is 9.97 Å². The van der Waals surface area contributed by atoms with Gasteiger partial charge in [-0.2, -0.15) is 0 Å². The smallest absolute Gasteiger partial charge is 0.249 e. The Balaban J connectivity index is 2.26. The van der Waals surface area contributed by atoms with Crippen molar-refractivity contribution < 1.29 is 4.42 Å².